The predicted octanol–water partition coefficient (Wildman–Crippen LogP) is 3.46. The van der Waals surface area contributed by atoms with E-state index in [0.29, 0.717) is 12.0 Å². The maximum atomic E-state index is 4.70. The van der Waals surface area contributed by atoms with Gasteiger partial charge in [0.05, 0.1) is 11.4 Å². The van der Waals surface area contributed by atoms with Crippen molar-refractivity contribution in [2.75, 3.05) is 11.4 Å². The third-order valence-electron chi connectivity index (χ3n) is 4.28. The second-order valence-electron chi connectivity index (χ2n) is 5.82. The Morgan fingerprint density at radius 1 is 1.14 bits per heavy atom. The van der Waals surface area contributed by atoms with Crippen LogP contribution in [0.5, 0.6) is 0 Å². The first-order valence-electron chi connectivity index (χ1n) is 7.37. The van der Waals surface area contributed by atoms with Gasteiger partial charge in [0.1, 0.15) is 17.3 Å². The number of hydrogen-bond donors (Lipinski definition) is 1. The summed E-state index contributed by atoms with van der Waals surface area (Å²) in [5, 5.41) is 1.11. The molecule has 1 N–H and O–H groups in total. The first-order chi connectivity index (χ1) is 10.2. The SMILES string of the molecule is Cc1nc(N2CC(C)C2c2ccccc2)c2cc[nH]c2n1. The van der Waals surface area contributed by atoms with Crippen LogP contribution in [-0.2, 0) is 0 Å². The zero-order valence-electron chi connectivity index (χ0n) is 12.2. The molecule has 2 unspecified atom stereocenters. The number of H-pyrrole nitrogens is 1. The van der Waals surface area contributed by atoms with Crippen LogP contribution in [0.15, 0.2) is 42.6 Å². The first-order valence-corrected chi connectivity index (χ1v) is 7.37. The van der Waals surface area contributed by atoms with Gasteiger partial charge in [-0.1, -0.05) is 37.3 Å². The monoisotopic (exact) mass is 278 g/mol. The minimum atomic E-state index is 0.401. The Labute approximate surface area is 123 Å². The number of aromatic nitrogens is 3. The Morgan fingerprint density at radius 2 is 1.95 bits per heavy atom. The molecule has 0 radical (unpaired) electrons. The summed E-state index contributed by atoms with van der Waals surface area (Å²) in [4.78, 5) is 14.7. The zero-order chi connectivity index (χ0) is 14.4. The summed E-state index contributed by atoms with van der Waals surface area (Å²) >= 11 is 0. The summed E-state index contributed by atoms with van der Waals surface area (Å²) in [6, 6.07) is 13.2. The molecular formula is C17H18N4. The first kappa shape index (κ1) is 12.4. The van der Waals surface area contributed by atoms with Crippen molar-refractivity contribution >= 4 is 16.9 Å². The Balaban J connectivity index is 1.80. The molecule has 4 heteroatoms. The summed E-state index contributed by atoms with van der Waals surface area (Å²) in [5.41, 5.74) is 2.28. The lowest BCUT2D eigenvalue weighted by atomic mass is 9.84. The van der Waals surface area contributed by atoms with Crippen molar-refractivity contribution in [2.45, 2.75) is 19.9 Å². The van der Waals surface area contributed by atoms with Crippen LogP contribution in [0.4, 0.5) is 5.82 Å². The minimum Gasteiger partial charge on any atom is -0.348 e. The summed E-state index contributed by atoms with van der Waals surface area (Å²) in [6.45, 7) is 5.29. The fourth-order valence-electron chi connectivity index (χ4n) is 3.32. The van der Waals surface area contributed by atoms with E-state index in [9.17, 15) is 0 Å². The highest BCUT2D eigenvalue weighted by Crippen LogP contribution is 2.43. The minimum absolute atomic E-state index is 0.401. The van der Waals surface area contributed by atoms with Crippen LogP contribution in [0.25, 0.3) is 11.0 Å². The lowest BCUT2D eigenvalue weighted by Crippen LogP contribution is -2.49. The molecule has 1 fully saturated rings. The van der Waals surface area contributed by atoms with Gasteiger partial charge >= 0.3 is 0 Å². The van der Waals surface area contributed by atoms with E-state index >= 15 is 0 Å². The summed E-state index contributed by atoms with van der Waals surface area (Å²) < 4.78 is 0. The van der Waals surface area contributed by atoms with E-state index in [1.54, 1.807) is 0 Å². The largest absolute Gasteiger partial charge is 0.348 e. The van der Waals surface area contributed by atoms with Gasteiger partial charge < -0.3 is 9.88 Å². The molecule has 0 aliphatic carbocycles. The Bertz CT molecular complexity index is 778. The standard InChI is InChI=1S/C17H18N4/c1-11-10-21(15(11)13-6-4-3-5-7-13)17-14-8-9-18-16(14)19-12(2)20-17/h3-9,11,15H,10H2,1-2H3,(H,18,19,20). The summed E-state index contributed by atoms with van der Waals surface area (Å²) in [6.07, 6.45) is 1.93. The highest BCUT2D eigenvalue weighted by atomic mass is 15.3. The van der Waals surface area contributed by atoms with Gasteiger partial charge in [-0.3, -0.25) is 0 Å². The van der Waals surface area contributed by atoms with E-state index in [-0.39, 0.29) is 0 Å². The van der Waals surface area contributed by atoms with Gasteiger partial charge in [-0.05, 0) is 24.5 Å². The number of aromatic amines is 1. The third-order valence-corrected chi connectivity index (χ3v) is 4.28. The molecule has 2 aromatic heterocycles. The summed E-state index contributed by atoms with van der Waals surface area (Å²) in [5.74, 6) is 2.49. The number of aryl methyl sites for hydroxylation is 1. The molecule has 1 aromatic carbocycles. The molecule has 3 heterocycles. The number of nitrogens with zero attached hydrogens (tertiary/aromatic N) is 3. The fourth-order valence-corrected chi connectivity index (χ4v) is 3.32. The number of hydrogen-bond acceptors (Lipinski definition) is 3. The van der Waals surface area contributed by atoms with Gasteiger partial charge in [0, 0.05) is 12.7 Å². The Morgan fingerprint density at radius 3 is 2.71 bits per heavy atom. The van der Waals surface area contributed by atoms with Crippen LogP contribution in [0.2, 0.25) is 0 Å². The molecular weight excluding hydrogens is 260 g/mol. The van der Waals surface area contributed by atoms with Gasteiger partial charge in [-0.25, -0.2) is 9.97 Å². The van der Waals surface area contributed by atoms with Gasteiger partial charge in [0.25, 0.3) is 0 Å². The van der Waals surface area contributed by atoms with Crippen LogP contribution in [0.1, 0.15) is 24.4 Å². The van der Waals surface area contributed by atoms with Gasteiger partial charge in [0.15, 0.2) is 0 Å². The van der Waals surface area contributed by atoms with Crippen LogP contribution in [-0.4, -0.2) is 21.5 Å². The molecule has 21 heavy (non-hydrogen) atoms. The molecule has 2 atom stereocenters. The van der Waals surface area contributed by atoms with E-state index in [1.807, 2.05) is 13.1 Å². The fraction of sp³-hybridized carbons (Fsp3) is 0.294. The van der Waals surface area contributed by atoms with Crippen LogP contribution in [0, 0.1) is 12.8 Å². The van der Waals surface area contributed by atoms with Crippen LogP contribution < -0.4 is 4.90 Å². The summed E-state index contributed by atoms with van der Waals surface area (Å²) in [7, 11) is 0. The maximum absolute atomic E-state index is 4.70. The van der Waals surface area contributed by atoms with Gasteiger partial charge in [0.2, 0.25) is 0 Å². The second kappa shape index (κ2) is 4.58. The number of benzene rings is 1. The molecule has 0 bridgehead atoms. The Kier molecular flexibility index (Phi) is 2.70. The lowest BCUT2D eigenvalue weighted by molar-refractivity contribution is 0.323. The smallest absolute Gasteiger partial charge is 0.143 e. The van der Waals surface area contributed by atoms with E-state index in [2.05, 4.69) is 58.2 Å². The number of anilines is 1. The van der Waals surface area contributed by atoms with Crippen molar-refractivity contribution < 1.29 is 0 Å². The molecule has 1 saturated heterocycles. The average molecular weight is 278 g/mol. The normalized spacial score (nSPS) is 21.5. The van der Waals surface area contributed by atoms with Crippen molar-refractivity contribution in [3.05, 3.63) is 54.0 Å². The molecule has 1 aliphatic heterocycles. The molecule has 4 nitrogen and oxygen atoms in total. The van der Waals surface area contributed by atoms with Gasteiger partial charge in [-0.15, -0.1) is 0 Å². The van der Waals surface area contributed by atoms with Crippen molar-refractivity contribution in [1.29, 1.82) is 0 Å². The van der Waals surface area contributed by atoms with Crippen molar-refractivity contribution in [3.63, 3.8) is 0 Å². The predicted molar refractivity (Wildman–Crippen MR) is 84.3 cm³/mol. The van der Waals surface area contributed by atoms with E-state index < -0.39 is 0 Å². The molecule has 0 spiro atoms. The van der Waals surface area contributed by atoms with Crippen LogP contribution in [0.3, 0.4) is 0 Å². The average Bonchev–Trinajstić information content (AvgIpc) is 2.93. The van der Waals surface area contributed by atoms with Crippen molar-refractivity contribution in [2.24, 2.45) is 5.92 Å². The second-order valence-corrected chi connectivity index (χ2v) is 5.82. The number of fused-ring (bicyclic) bond motifs is 1. The van der Waals surface area contributed by atoms with E-state index in [1.165, 1.54) is 5.56 Å². The maximum Gasteiger partial charge on any atom is 0.143 e. The lowest BCUT2D eigenvalue weighted by Gasteiger charge is -2.48. The number of rotatable bonds is 2. The van der Waals surface area contributed by atoms with E-state index in [4.69, 9.17) is 4.98 Å². The van der Waals surface area contributed by atoms with E-state index in [0.717, 1.165) is 29.2 Å². The molecule has 0 amide bonds. The van der Waals surface area contributed by atoms with Crippen molar-refractivity contribution in [3.8, 4) is 0 Å². The topological polar surface area (TPSA) is 44.8 Å². The molecule has 3 aromatic rings. The quantitative estimate of drug-likeness (QED) is 0.780. The highest BCUT2D eigenvalue weighted by molar-refractivity contribution is 5.88. The third kappa shape index (κ3) is 1.90. The molecule has 4 rings (SSSR count). The highest BCUT2D eigenvalue weighted by Gasteiger charge is 2.38. The number of nitrogens with one attached hydrogen (secondary N) is 1. The Hall–Kier alpha value is -2.36. The van der Waals surface area contributed by atoms with Crippen LogP contribution >= 0.6 is 0 Å². The molecule has 0 saturated carbocycles. The van der Waals surface area contributed by atoms with Crippen molar-refractivity contribution in [1.82, 2.24) is 15.0 Å². The molecule has 106 valence electrons. The molecule has 1 aliphatic rings. The zero-order valence-corrected chi connectivity index (χ0v) is 12.2. The van der Waals surface area contributed by atoms with Gasteiger partial charge in [-0.2, -0.15) is 0 Å².